The fourth-order valence-corrected chi connectivity index (χ4v) is 5.88. The molecule has 10 heteroatoms. The predicted octanol–water partition coefficient (Wildman–Crippen LogP) is 0.515. The topological polar surface area (TPSA) is 83.9 Å². The minimum atomic E-state index is -3.52. The van der Waals surface area contributed by atoms with Gasteiger partial charge in [0.2, 0.25) is 10.0 Å². The second-order valence-corrected chi connectivity index (χ2v) is 8.94. The molecule has 0 amide bonds. The molecular formula is C7H12N2O4S4. The van der Waals surface area contributed by atoms with Crippen molar-refractivity contribution >= 4 is 47.9 Å². The molecule has 0 aromatic heterocycles. The Labute approximate surface area is 110 Å². The van der Waals surface area contributed by atoms with Crippen LogP contribution in [0.5, 0.6) is 0 Å². The molecule has 0 aromatic rings. The molecule has 6 nitrogen and oxygen atoms in total. The number of hydrogen-bond acceptors (Lipinski definition) is 6. The molecule has 0 aromatic carbocycles. The zero-order valence-corrected chi connectivity index (χ0v) is 12.3. The van der Waals surface area contributed by atoms with E-state index in [-0.39, 0.29) is 17.5 Å². The van der Waals surface area contributed by atoms with Crippen molar-refractivity contribution in [3.05, 3.63) is 12.7 Å². The Hall–Kier alpha value is -0.0300. The number of nitrogens with zero attached hydrogens (tertiary/aromatic N) is 2. The van der Waals surface area contributed by atoms with Gasteiger partial charge in [-0.05, 0) is 0 Å². The average Bonchev–Trinajstić information content (AvgIpc) is 2.16. The lowest BCUT2D eigenvalue weighted by atomic mass is 10.8. The molecule has 0 spiro atoms. The molecule has 1 aliphatic rings. The normalized spacial score (nSPS) is 19.0. The summed E-state index contributed by atoms with van der Waals surface area (Å²) in [6, 6.07) is 0. The van der Waals surface area contributed by atoms with Crippen LogP contribution in [0.3, 0.4) is 0 Å². The van der Waals surface area contributed by atoms with Crippen molar-refractivity contribution < 1.29 is 16.8 Å². The third kappa shape index (κ3) is 5.00. The fourth-order valence-electron chi connectivity index (χ4n) is 0.877. The van der Waals surface area contributed by atoms with E-state index >= 15 is 0 Å². The molecule has 1 heterocycles. The van der Waals surface area contributed by atoms with Gasteiger partial charge >= 0.3 is 0 Å². The van der Waals surface area contributed by atoms with Gasteiger partial charge in [0.1, 0.15) is 4.38 Å². The van der Waals surface area contributed by atoms with Crippen molar-refractivity contribution in [2.75, 3.05) is 23.8 Å². The Morgan fingerprint density at radius 3 is 2.29 bits per heavy atom. The van der Waals surface area contributed by atoms with Gasteiger partial charge in [-0.25, -0.2) is 16.8 Å². The van der Waals surface area contributed by atoms with Gasteiger partial charge in [0.25, 0.3) is 10.0 Å². The van der Waals surface area contributed by atoms with E-state index in [9.17, 15) is 16.8 Å². The summed E-state index contributed by atoms with van der Waals surface area (Å²) in [4.78, 5) is 0. The summed E-state index contributed by atoms with van der Waals surface area (Å²) in [5.74, 6) is 0.163. The van der Waals surface area contributed by atoms with E-state index < -0.39 is 20.0 Å². The van der Waals surface area contributed by atoms with Crippen LogP contribution in [-0.4, -0.2) is 49.3 Å². The molecule has 1 saturated heterocycles. The maximum absolute atomic E-state index is 11.4. The summed E-state index contributed by atoms with van der Waals surface area (Å²) >= 11 is 2.19. The van der Waals surface area contributed by atoms with Crippen LogP contribution < -0.4 is 0 Å². The SMILES string of the molecule is C=CCS(=O)(=O)N=C1SCN(S(C)(=O)=O)CS1. The summed E-state index contributed by atoms with van der Waals surface area (Å²) in [5.41, 5.74) is 0. The van der Waals surface area contributed by atoms with Crippen molar-refractivity contribution in [1.82, 2.24) is 4.31 Å². The highest BCUT2D eigenvalue weighted by Gasteiger charge is 2.24. The first-order valence-electron chi connectivity index (χ1n) is 4.39. The lowest BCUT2D eigenvalue weighted by Crippen LogP contribution is -2.33. The second-order valence-electron chi connectivity index (χ2n) is 3.16. The van der Waals surface area contributed by atoms with Crippen molar-refractivity contribution in [3.8, 4) is 0 Å². The molecule has 0 saturated carbocycles. The zero-order chi connectivity index (χ0) is 13.1. The molecule has 98 valence electrons. The van der Waals surface area contributed by atoms with E-state index in [1.54, 1.807) is 0 Å². The standard InChI is InChI=1S/C7H12N2O4S4/c1-3-4-17(12,13)8-7-14-5-9(6-15-7)16(2,10)11/h3H,1,4-6H2,2H3. The van der Waals surface area contributed by atoms with Crippen LogP contribution in [0.25, 0.3) is 0 Å². The highest BCUT2D eigenvalue weighted by Crippen LogP contribution is 2.28. The molecule has 1 fully saturated rings. The first-order chi connectivity index (χ1) is 7.74. The lowest BCUT2D eigenvalue weighted by molar-refractivity contribution is 0.511. The first-order valence-corrected chi connectivity index (χ1v) is 9.82. The Balaban J connectivity index is 2.70. The highest BCUT2D eigenvalue weighted by molar-refractivity contribution is 8.39. The van der Waals surface area contributed by atoms with E-state index in [0.29, 0.717) is 4.38 Å². The van der Waals surface area contributed by atoms with Gasteiger partial charge in [-0.3, -0.25) is 0 Å². The maximum Gasteiger partial charge on any atom is 0.258 e. The number of rotatable bonds is 4. The highest BCUT2D eigenvalue weighted by atomic mass is 32.2. The molecule has 0 N–H and O–H groups in total. The summed E-state index contributed by atoms with van der Waals surface area (Å²) in [5, 5.41) is 0. The number of hydrogen-bond donors (Lipinski definition) is 0. The molecule has 1 aliphatic heterocycles. The molecule has 0 unspecified atom stereocenters. The molecular weight excluding hydrogens is 304 g/mol. The van der Waals surface area contributed by atoms with E-state index in [1.807, 2.05) is 0 Å². The van der Waals surface area contributed by atoms with Crippen LogP contribution in [0, 0.1) is 0 Å². The Morgan fingerprint density at radius 1 is 1.35 bits per heavy atom. The predicted molar refractivity (Wildman–Crippen MR) is 73.0 cm³/mol. The maximum atomic E-state index is 11.4. The fraction of sp³-hybridized carbons (Fsp3) is 0.571. The summed E-state index contributed by atoms with van der Waals surface area (Å²) < 4.78 is 50.4. The minimum Gasteiger partial charge on any atom is -0.212 e. The van der Waals surface area contributed by atoms with Crippen LogP contribution in [-0.2, 0) is 20.0 Å². The van der Waals surface area contributed by atoms with Crippen molar-refractivity contribution in [3.63, 3.8) is 0 Å². The van der Waals surface area contributed by atoms with Crippen molar-refractivity contribution in [1.29, 1.82) is 0 Å². The van der Waals surface area contributed by atoms with Gasteiger partial charge in [0.05, 0.1) is 23.8 Å². The van der Waals surface area contributed by atoms with E-state index in [0.717, 1.165) is 29.8 Å². The smallest absolute Gasteiger partial charge is 0.212 e. The number of sulfonamides is 2. The molecule has 1 rings (SSSR count). The van der Waals surface area contributed by atoms with Crippen LogP contribution >= 0.6 is 23.5 Å². The second kappa shape index (κ2) is 5.74. The quantitative estimate of drug-likeness (QED) is 0.703. The first kappa shape index (κ1) is 15.0. The van der Waals surface area contributed by atoms with Gasteiger partial charge in [-0.1, -0.05) is 29.6 Å². The Morgan fingerprint density at radius 2 is 1.88 bits per heavy atom. The Kier molecular flexibility index (Phi) is 5.07. The zero-order valence-electron chi connectivity index (χ0n) is 9.07. The van der Waals surface area contributed by atoms with Crippen LogP contribution in [0.4, 0.5) is 0 Å². The molecule has 0 radical (unpaired) electrons. The third-order valence-corrected chi connectivity index (χ3v) is 6.81. The minimum absolute atomic E-state index is 0.189. The van der Waals surface area contributed by atoms with Crippen molar-refractivity contribution in [2.24, 2.45) is 4.40 Å². The van der Waals surface area contributed by atoms with Crippen LogP contribution in [0.15, 0.2) is 17.1 Å². The molecule has 0 aliphatic carbocycles. The van der Waals surface area contributed by atoms with Crippen LogP contribution in [0.2, 0.25) is 0 Å². The van der Waals surface area contributed by atoms with E-state index in [4.69, 9.17) is 0 Å². The third-order valence-electron chi connectivity index (χ3n) is 1.68. The summed E-state index contributed by atoms with van der Waals surface area (Å²) in [6.07, 6.45) is 2.38. The van der Waals surface area contributed by atoms with Gasteiger partial charge in [-0.15, -0.1) is 11.0 Å². The van der Waals surface area contributed by atoms with Crippen LogP contribution in [0.1, 0.15) is 0 Å². The summed E-state index contributed by atoms with van der Waals surface area (Å²) in [6.45, 7) is 3.33. The van der Waals surface area contributed by atoms with E-state index in [1.165, 1.54) is 10.4 Å². The molecule has 17 heavy (non-hydrogen) atoms. The van der Waals surface area contributed by atoms with Gasteiger partial charge < -0.3 is 0 Å². The molecule has 0 atom stereocenters. The van der Waals surface area contributed by atoms with Gasteiger partial charge in [0.15, 0.2) is 0 Å². The van der Waals surface area contributed by atoms with E-state index in [2.05, 4.69) is 11.0 Å². The lowest BCUT2D eigenvalue weighted by Gasteiger charge is -2.23. The van der Waals surface area contributed by atoms with Crippen molar-refractivity contribution in [2.45, 2.75) is 0 Å². The van der Waals surface area contributed by atoms with Gasteiger partial charge in [-0.2, -0.15) is 4.31 Å². The summed E-state index contributed by atoms with van der Waals surface area (Å²) in [7, 11) is -6.76. The monoisotopic (exact) mass is 316 g/mol. The average molecular weight is 316 g/mol. The largest absolute Gasteiger partial charge is 0.258 e. The molecule has 0 bridgehead atoms. The number of thioether (sulfide) groups is 2. The van der Waals surface area contributed by atoms with Gasteiger partial charge in [0, 0.05) is 0 Å². The Bertz CT molecular complexity index is 512.